The van der Waals surface area contributed by atoms with Gasteiger partial charge in [-0.05, 0) is 69.7 Å². The zero-order chi connectivity index (χ0) is 11.4. The zero-order valence-corrected chi connectivity index (χ0v) is 10.6. The molecule has 1 aliphatic rings. The molecule has 0 saturated carbocycles. The van der Waals surface area contributed by atoms with E-state index in [2.05, 4.69) is 37.4 Å². The number of piperidine rings is 1. The Kier molecular flexibility index (Phi) is 4.00. The molecule has 0 radical (unpaired) electrons. The van der Waals surface area contributed by atoms with Crippen molar-refractivity contribution in [2.24, 2.45) is 5.92 Å². The van der Waals surface area contributed by atoms with E-state index in [-0.39, 0.29) is 0 Å². The van der Waals surface area contributed by atoms with Crippen LogP contribution in [0.5, 0.6) is 0 Å². The third-order valence-electron chi connectivity index (χ3n) is 3.78. The highest BCUT2D eigenvalue weighted by Gasteiger charge is 2.12. The molecule has 1 nitrogen and oxygen atoms in total. The fourth-order valence-corrected chi connectivity index (χ4v) is 2.66. The molecule has 0 spiro atoms. The van der Waals surface area contributed by atoms with E-state index in [9.17, 15) is 0 Å². The van der Waals surface area contributed by atoms with E-state index in [1.165, 1.54) is 49.9 Å². The van der Waals surface area contributed by atoms with Crippen molar-refractivity contribution in [2.45, 2.75) is 39.5 Å². The molecule has 1 fully saturated rings. The molecule has 0 amide bonds. The predicted molar refractivity (Wildman–Crippen MR) is 69.8 cm³/mol. The first kappa shape index (κ1) is 11.7. The van der Waals surface area contributed by atoms with Crippen LogP contribution < -0.4 is 5.32 Å². The maximum atomic E-state index is 3.43. The van der Waals surface area contributed by atoms with Gasteiger partial charge in [-0.3, -0.25) is 0 Å². The molecule has 0 atom stereocenters. The molecule has 2 rings (SSSR count). The van der Waals surface area contributed by atoms with Crippen LogP contribution in [-0.4, -0.2) is 13.1 Å². The third-order valence-corrected chi connectivity index (χ3v) is 3.78. The topological polar surface area (TPSA) is 12.0 Å². The maximum Gasteiger partial charge on any atom is -0.00463 e. The van der Waals surface area contributed by atoms with Crippen molar-refractivity contribution in [1.29, 1.82) is 0 Å². The SMILES string of the molecule is Cc1ccc(CCC2CCNCC2)c(C)c1. The minimum absolute atomic E-state index is 0.946. The van der Waals surface area contributed by atoms with Crippen molar-refractivity contribution in [3.05, 3.63) is 34.9 Å². The summed E-state index contributed by atoms with van der Waals surface area (Å²) >= 11 is 0. The minimum Gasteiger partial charge on any atom is -0.317 e. The van der Waals surface area contributed by atoms with Crippen LogP contribution in [0.2, 0.25) is 0 Å². The predicted octanol–water partition coefficient (Wildman–Crippen LogP) is 3.24. The highest BCUT2D eigenvalue weighted by molar-refractivity contribution is 5.30. The van der Waals surface area contributed by atoms with Gasteiger partial charge >= 0.3 is 0 Å². The van der Waals surface area contributed by atoms with Crippen molar-refractivity contribution in [1.82, 2.24) is 5.32 Å². The molecular weight excluding hydrogens is 194 g/mol. The first-order chi connectivity index (χ1) is 7.75. The lowest BCUT2D eigenvalue weighted by Crippen LogP contribution is -2.27. The fraction of sp³-hybridized carbons (Fsp3) is 0.600. The van der Waals surface area contributed by atoms with Crippen molar-refractivity contribution >= 4 is 0 Å². The second kappa shape index (κ2) is 5.49. The zero-order valence-electron chi connectivity index (χ0n) is 10.6. The van der Waals surface area contributed by atoms with Gasteiger partial charge in [-0.25, -0.2) is 0 Å². The van der Waals surface area contributed by atoms with Gasteiger partial charge in [0, 0.05) is 0 Å². The Labute approximate surface area is 99.3 Å². The van der Waals surface area contributed by atoms with Gasteiger partial charge in [-0.2, -0.15) is 0 Å². The number of nitrogens with one attached hydrogen (secondary N) is 1. The summed E-state index contributed by atoms with van der Waals surface area (Å²) in [6.07, 6.45) is 5.36. The van der Waals surface area contributed by atoms with Gasteiger partial charge < -0.3 is 5.32 Å². The fourth-order valence-electron chi connectivity index (χ4n) is 2.66. The Balaban J connectivity index is 1.88. The van der Waals surface area contributed by atoms with Gasteiger partial charge in [0.1, 0.15) is 0 Å². The molecule has 0 aromatic heterocycles. The van der Waals surface area contributed by atoms with Crippen LogP contribution in [0.15, 0.2) is 18.2 Å². The van der Waals surface area contributed by atoms with Crippen LogP contribution in [0.1, 0.15) is 36.0 Å². The molecule has 1 aromatic carbocycles. The number of benzene rings is 1. The van der Waals surface area contributed by atoms with Crippen LogP contribution >= 0.6 is 0 Å². The summed E-state index contributed by atoms with van der Waals surface area (Å²) in [4.78, 5) is 0. The van der Waals surface area contributed by atoms with E-state index in [1.54, 1.807) is 5.56 Å². The standard InChI is InChI=1S/C15H23N/c1-12-3-5-15(13(2)11-12)6-4-14-7-9-16-10-8-14/h3,5,11,14,16H,4,6-10H2,1-2H3. The van der Waals surface area contributed by atoms with Crippen LogP contribution in [0, 0.1) is 19.8 Å². The molecule has 1 heteroatoms. The highest BCUT2D eigenvalue weighted by Crippen LogP contribution is 2.20. The largest absolute Gasteiger partial charge is 0.317 e. The van der Waals surface area contributed by atoms with E-state index in [0.29, 0.717) is 0 Å². The van der Waals surface area contributed by atoms with Crippen LogP contribution in [0.25, 0.3) is 0 Å². The van der Waals surface area contributed by atoms with E-state index >= 15 is 0 Å². The average Bonchev–Trinajstić information content (AvgIpc) is 2.29. The highest BCUT2D eigenvalue weighted by atomic mass is 14.9. The first-order valence-corrected chi connectivity index (χ1v) is 6.52. The summed E-state index contributed by atoms with van der Waals surface area (Å²) in [6.45, 7) is 6.85. The van der Waals surface area contributed by atoms with Gasteiger partial charge in [-0.1, -0.05) is 23.8 Å². The number of hydrogen-bond donors (Lipinski definition) is 1. The van der Waals surface area contributed by atoms with Crippen molar-refractivity contribution in [3.63, 3.8) is 0 Å². The minimum atomic E-state index is 0.946. The van der Waals surface area contributed by atoms with Gasteiger partial charge in [0.25, 0.3) is 0 Å². The van der Waals surface area contributed by atoms with E-state index in [0.717, 1.165) is 5.92 Å². The first-order valence-electron chi connectivity index (χ1n) is 6.52. The lowest BCUT2D eigenvalue weighted by molar-refractivity contribution is 0.354. The molecule has 1 saturated heterocycles. The summed E-state index contributed by atoms with van der Waals surface area (Å²) in [5, 5.41) is 3.43. The summed E-state index contributed by atoms with van der Waals surface area (Å²) in [6, 6.07) is 6.86. The summed E-state index contributed by atoms with van der Waals surface area (Å²) in [7, 11) is 0. The molecule has 0 aliphatic carbocycles. The molecule has 16 heavy (non-hydrogen) atoms. The second-order valence-corrected chi connectivity index (χ2v) is 5.16. The van der Waals surface area contributed by atoms with Gasteiger partial charge in [0.15, 0.2) is 0 Å². The second-order valence-electron chi connectivity index (χ2n) is 5.16. The quantitative estimate of drug-likeness (QED) is 0.819. The Bertz CT molecular complexity index is 337. The Hall–Kier alpha value is -0.820. The Morgan fingerprint density at radius 3 is 2.62 bits per heavy atom. The molecule has 1 N–H and O–H groups in total. The monoisotopic (exact) mass is 217 g/mol. The molecule has 88 valence electrons. The Morgan fingerprint density at radius 2 is 1.94 bits per heavy atom. The van der Waals surface area contributed by atoms with Crippen molar-refractivity contribution in [3.8, 4) is 0 Å². The lowest BCUT2D eigenvalue weighted by Gasteiger charge is -2.22. The number of rotatable bonds is 3. The number of hydrogen-bond acceptors (Lipinski definition) is 1. The van der Waals surface area contributed by atoms with E-state index < -0.39 is 0 Å². The Morgan fingerprint density at radius 1 is 1.19 bits per heavy atom. The van der Waals surface area contributed by atoms with E-state index in [1.807, 2.05) is 0 Å². The van der Waals surface area contributed by atoms with Crippen LogP contribution in [0.3, 0.4) is 0 Å². The molecule has 0 bridgehead atoms. The molecule has 1 aromatic rings. The summed E-state index contributed by atoms with van der Waals surface area (Å²) < 4.78 is 0. The third kappa shape index (κ3) is 3.08. The van der Waals surface area contributed by atoms with Gasteiger partial charge in [0.05, 0.1) is 0 Å². The molecule has 1 aliphatic heterocycles. The molecule has 0 unspecified atom stereocenters. The number of aryl methyl sites for hydroxylation is 3. The summed E-state index contributed by atoms with van der Waals surface area (Å²) in [5.41, 5.74) is 4.39. The van der Waals surface area contributed by atoms with Crippen molar-refractivity contribution in [2.75, 3.05) is 13.1 Å². The maximum absolute atomic E-state index is 3.43. The van der Waals surface area contributed by atoms with Crippen molar-refractivity contribution < 1.29 is 0 Å². The molecular formula is C15H23N. The van der Waals surface area contributed by atoms with Gasteiger partial charge in [0.2, 0.25) is 0 Å². The lowest BCUT2D eigenvalue weighted by atomic mass is 9.90. The average molecular weight is 217 g/mol. The van der Waals surface area contributed by atoms with Gasteiger partial charge in [-0.15, -0.1) is 0 Å². The molecule has 1 heterocycles. The van der Waals surface area contributed by atoms with E-state index in [4.69, 9.17) is 0 Å². The van der Waals surface area contributed by atoms with Crippen LogP contribution in [-0.2, 0) is 6.42 Å². The summed E-state index contributed by atoms with van der Waals surface area (Å²) in [5.74, 6) is 0.946. The normalized spacial score (nSPS) is 17.6. The smallest absolute Gasteiger partial charge is 0.00463 e. The van der Waals surface area contributed by atoms with Crippen LogP contribution in [0.4, 0.5) is 0 Å².